The van der Waals surface area contributed by atoms with Crippen LogP contribution in [0.5, 0.6) is 0 Å². The summed E-state index contributed by atoms with van der Waals surface area (Å²) < 4.78 is 0. The summed E-state index contributed by atoms with van der Waals surface area (Å²) in [5.41, 5.74) is 3.75. The van der Waals surface area contributed by atoms with Crippen molar-refractivity contribution in [1.82, 2.24) is 10.3 Å². The van der Waals surface area contributed by atoms with Gasteiger partial charge in [0.25, 0.3) is 11.8 Å². The normalized spacial score (nSPS) is 10.4. The highest BCUT2D eigenvalue weighted by atomic mass is 16.2. The van der Waals surface area contributed by atoms with Gasteiger partial charge in [0.15, 0.2) is 0 Å². The van der Waals surface area contributed by atoms with Gasteiger partial charge in [0.1, 0.15) is 0 Å². The number of anilines is 1. The fraction of sp³-hybridized carbons (Fsp3) is 0.350. The van der Waals surface area contributed by atoms with E-state index in [1.54, 1.807) is 6.07 Å². The Bertz CT molecular complexity index is 756. The Labute approximate surface area is 148 Å². The molecule has 1 heterocycles. The van der Waals surface area contributed by atoms with Crippen molar-refractivity contribution < 1.29 is 9.59 Å². The van der Waals surface area contributed by atoms with E-state index in [1.165, 1.54) is 18.0 Å². The molecule has 0 saturated carbocycles. The third-order valence-corrected chi connectivity index (χ3v) is 4.09. The fourth-order valence-electron chi connectivity index (χ4n) is 2.39. The summed E-state index contributed by atoms with van der Waals surface area (Å²) in [4.78, 5) is 28.6. The van der Waals surface area contributed by atoms with Crippen molar-refractivity contribution in [1.29, 1.82) is 0 Å². The number of pyridine rings is 1. The molecule has 5 heteroatoms. The average Bonchev–Trinajstić information content (AvgIpc) is 2.62. The van der Waals surface area contributed by atoms with Crippen LogP contribution in [0, 0.1) is 13.8 Å². The quantitative estimate of drug-likeness (QED) is 0.752. The Kier molecular flexibility index (Phi) is 6.69. The summed E-state index contributed by atoms with van der Waals surface area (Å²) >= 11 is 0. The van der Waals surface area contributed by atoms with Gasteiger partial charge in [-0.3, -0.25) is 14.6 Å². The molecule has 2 rings (SSSR count). The maximum atomic E-state index is 12.4. The standard InChI is InChI=1S/C20H25N3O2/c1-4-5-6-9-22-19(24)16-11-17(13-21-12-16)20(25)23-18-8-7-14(2)15(3)10-18/h7-8,10-13H,4-6,9H2,1-3H3,(H,22,24)(H,23,25). The highest BCUT2D eigenvalue weighted by Crippen LogP contribution is 2.15. The second kappa shape index (κ2) is 8.97. The minimum atomic E-state index is -0.281. The molecule has 0 unspecified atom stereocenters. The Balaban J connectivity index is 2.03. The highest BCUT2D eigenvalue weighted by Gasteiger charge is 2.11. The first-order chi connectivity index (χ1) is 12.0. The van der Waals surface area contributed by atoms with Gasteiger partial charge < -0.3 is 10.6 Å². The molecule has 2 N–H and O–H groups in total. The SMILES string of the molecule is CCCCCNC(=O)c1cncc(C(=O)Nc2ccc(C)c(C)c2)c1. The van der Waals surface area contributed by atoms with E-state index in [0.29, 0.717) is 17.7 Å². The van der Waals surface area contributed by atoms with Crippen molar-refractivity contribution in [3.63, 3.8) is 0 Å². The van der Waals surface area contributed by atoms with E-state index in [1.807, 2.05) is 32.0 Å². The molecule has 0 atom stereocenters. The molecule has 1 aromatic carbocycles. The Morgan fingerprint density at radius 2 is 1.68 bits per heavy atom. The predicted octanol–water partition coefficient (Wildman–Crippen LogP) is 3.87. The molecule has 0 radical (unpaired) electrons. The van der Waals surface area contributed by atoms with E-state index in [9.17, 15) is 9.59 Å². The van der Waals surface area contributed by atoms with Crippen LogP contribution in [0.4, 0.5) is 5.69 Å². The lowest BCUT2D eigenvalue weighted by molar-refractivity contribution is 0.0952. The number of amides is 2. The number of nitrogens with one attached hydrogen (secondary N) is 2. The number of carbonyl (C=O) groups excluding carboxylic acids is 2. The summed E-state index contributed by atoms with van der Waals surface area (Å²) in [6, 6.07) is 7.31. The zero-order valence-electron chi connectivity index (χ0n) is 15.1. The molecule has 0 aliphatic carbocycles. The van der Waals surface area contributed by atoms with E-state index in [4.69, 9.17) is 0 Å². The molecule has 2 amide bonds. The second-order valence-electron chi connectivity index (χ2n) is 6.18. The number of aryl methyl sites for hydroxylation is 2. The van der Waals surface area contributed by atoms with E-state index in [2.05, 4.69) is 22.5 Å². The van der Waals surface area contributed by atoms with Crippen LogP contribution in [0.1, 0.15) is 58.0 Å². The van der Waals surface area contributed by atoms with E-state index in [-0.39, 0.29) is 11.8 Å². The van der Waals surface area contributed by atoms with Crippen molar-refractivity contribution in [2.75, 3.05) is 11.9 Å². The predicted molar refractivity (Wildman–Crippen MR) is 100.0 cm³/mol. The molecule has 0 fully saturated rings. The smallest absolute Gasteiger partial charge is 0.257 e. The first-order valence-electron chi connectivity index (χ1n) is 8.63. The Morgan fingerprint density at radius 3 is 2.36 bits per heavy atom. The average molecular weight is 339 g/mol. The number of unbranched alkanes of at least 4 members (excludes halogenated alkanes) is 2. The van der Waals surface area contributed by atoms with Crippen LogP contribution in [0.2, 0.25) is 0 Å². The van der Waals surface area contributed by atoms with Crippen molar-refractivity contribution in [3.8, 4) is 0 Å². The van der Waals surface area contributed by atoms with E-state index >= 15 is 0 Å². The molecule has 2 aromatic rings. The summed E-state index contributed by atoms with van der Waals surface area (Å²) in [7, 11) is 0. The van der Waals surface area contributed by atoms with Gasteiger partial charge in [-0.1, -0.05) is 25.8 Å². The Hall–Kier alpha value is -2.69. The molecule has 0 aliphatic heterocycles. The van der Waals surface area contributed by atoms with Gasteiger partial charge in [0, 0.05) is 24.6 Å². The lowest BCUT2D eigenvalue weighted by Gasteiger charge is -2.09. The summed E-state index contributed by atoms with van der Waals surface area (Å²) in [5, 5.41) is 5.69. The number of nitrogens with zero attached hydrogens (tertiary/aromatic N) is 1. The van der Waals surface area contributed by atoms with E-state index in [0.717, 1.165) is 30.5 Å². The monoisotopic (exact) mass is 339 g/mol. The van der Waals surface area contributed by atoms with Gasteiger partial charge in [-0.15, -0.1) is 0 Å². The van der Waals surface area contributed by atoms with Crippen molar-refractivity contribution in [2.24, 2.45) is 0 Å². The van der Waals surface area contributed by atoms with Crippen LogP contribution >= 0.6 is 0 Å². The number of carbonyl (C=O) groups is 2. The molecule has 1 aromatic heterocycles. The maximum Gasteiger partial charge on any atom is 0.257 e. The molecule has 0 saturated heterocycles. The molecule has 0 bridgehead atoms. The zero-order valence-corrected chi connectivity index (χ0v) is 15.1. The summed E-state index contributed by atoms with van der Waals surface area (Å²) in [5.74, 6) is -0.485. The van der Waals surface area contributed by atoms with Gasteiger partial charge in [-0.2, -0.15) is 0 Å². The first kappa shape index (κ1) is 18.6. The fourth-order valence-corrected chi connectivity index (χ4v) is 2.39. The van der Waals surface area contributed by atoms with Crippen molar-refractivity contribution >= 4 is 17.5 Å². The zero-order chi connectivity index (χ0) is 18.2. The first-order valence-corrected chi connectivity index (χ1v) is 8.63. The van der Waals surface area contributed by atoms with Gasteiger partial charge in [0.05, 0.1) is 11.1 Å². The van der Waals surface area contributed by atoms with Crippen LogP contribution in [-0.4, -0.2) is 23.3 Å². The lowest BCUT2D eigenvalue weighted by atomic mass is 10.1. The largest absolute Gasteiger partial charge is 0.352 e. The van der Waals surface area contributed by atoms with E-state index < -0.39 is 0 Å². The molecular formula is C20H25N3O2. The van der Waals surface area contributed by atoms with Crippen molar-refractivity contribution in [3.05, 3.63) is 58.9 Å². The molecule has 25 heavy (non-hydrogen) atoms. The summed E-state index contributed by atoms with van der Waals surface area (Å²) in [6.45, 7) is 6.76. The van der Waals surface area contributed by atoms with Crippen LogP contribution in [0.3, 0.4) is 0 Å². The van der Waals surface area contributed by atoms with Gasteiger partial charge >= 0.3 is 0 Å². The van der Waals surface area contributed by atoms with Crippen LogP contribution in [-0.2, 0) is 0 Å². The van der Waals surface area contributed by atoms with Gasteiger partial charge in [-0.25, -0.2) is 0 Å². The number of hydrogen-bond acceptors (Lipinski definition) is 3. The van der Waals surface area contributed by atoms with Gasteiger partial charge in [-0.05, 0) is 49.6 Å². The molecule has 0 aliphatic rings. The Morgan fingerprint density at radius 1 is 0.960 bits per heavy atom. The minimum Gasteiger partial charge on any atom is -0.352 e. The number of rotatable bonds is 7. The number of hydrogen-bond donors (Lipinski definition) is 2. The number of benzene rings is 1. The summed E-state index contributed by atoms with van der Waals surface area (Å²) in [6.07, 6.45) is 6.07. The highest BCUT2D eigenvalue weighted by molar-refractivity contribution is 6.05. The molecule has 5 nitrogen and oxygen atoms in total. The van der Waals surface area contributed by atoms with Crippen LogP contribution < -0.4 is 10.6 Å². The second-order valence-corrected chi connectivity index (χ2v) is 6.18. The molecule has 132 valence electrons. The third kappa shape index (κ3) is 5.41. The minimum absolute atomic E-state index is 0.204. The molecular weight excluding hydrogens is 314 g/mol. The van der Waals surface area contributed by atoms with Crippen LogP contribution in [0.15, 0.2) is 36.7 Å². The van der Waals surface area contributed by atoms with Crippen molar-refractivity contribution in [2.45, 2.75) is 40.0 Å². The lowest BCUT2D eigenvalue weighted by Crippen LogP contribution is -2.25. The third-order valence-electron chi connectivity index (χ3n) is 4.09. The number of aromatic nitrogens is 1. The van der Waals surface area contributed by atoms with Crippen LogP contribution in [0.25, 0.3) is 0 Å². The molecule has 0 spiro atoms. The maximum absolute atomic E-state index is 12.4. The van der Waals surface area contributed by atoms with Gasteiger partial charge in [0.2, 0.25) is 0 Å². The topological polar surface area (TPSA) is 71.1 Å².